The van der Waals surface area contributed by atoms with Crippen molar-refractivity contribution in [2.45, 2.75) is 4.90 Å². The molecule has 4 aromatic rings. The predicted octanol–water partition coefficient (Wildman–Crippen LogP) is 1.44. The van der Waals surface area contributed by atoms with Gasteiger partial charge in [0.15, 0.2) is 0 Å². The molecule has 0 unspecified atom stereocenters. The third-order valence-electron chi connectivity index (χ3n) is 4.35. The minimum absolute atomic E-state index is 0. The molecule has 0 aliphatic rings. The van der Waals surface area contributed by atoms with E-state index in [1.807, 2.05) is 12.1 Å². The monoisotopic (exact) mass is 416 g/mol. The Morgan fingerprint density at radius 2 is 1.38 bits per heavy atom. The smallest absolute Gasteiger partial charge is 0.871 e. The van der Waals surface area contributed by atoms with E-state index in [0.29, 0.717) is 5.39 Å². The van der Waals surface area contributed by atoms with Crippen molar-refractivity contribution in [1.82, 2.24) is 0 Å². The van der Waals surface area contributed by atoms with Crippen LogP contribution in [0.25, 0.3) is 21.5 Å². The Hall–Kier alpha value is -2.49. The maximum Gasteiger partial charge on any atom is 1.00 e. The van der Waals surface area contributed by atoms with E-state index < -0.39 is 20.8 Å². The van der Waals surface area contributed by atoms with E-state index in [9.17, 15) is 23.2 Å². The van der Waals surface area contributed by atoms with Gasteiger partial charge < -0.3 is 10.2 Å². The molecule has 0 radical (unpaired) electrons. The SMILES string of the molecule is O=S(=O)(O)c1cc(O)c(N=Nc2c([O-])ccc3ccccc23)c2ccccc12.[Na+]. The zero-order chi connectivity index (χ0) is 19.9. The van der Waals surface area contributed by atoms with Crippen LogP contribution >= 0.6 is 0 Å². The van der Waals surface area contributed by atoms with Gasteiger partial charge in [-0.1, -0.05) is 66.4 Å². The molecule has 4 aromatic carbocycles. The van der Waals surface area contributed by atoms with E-state index in [1.54, 1.807) is 36.4 Å². The number of aromatic hydroxyl groups is 1. The number of phenolic OH excluding ortho intramolecular Hbond substituents is 1. The Morgan fingerprint density at radius 3 is 2.07 bits per heavy atom. The van der Waals surface area contributed by atoms with E-state index in [2.05, 4.69) is 10.2 Å². The first kappa shape index (κ1) is 21.2. The Kier molecular flexibility index (Phi) is 5.92. The molecule has 0 aliphatic heterocycles. The molecule has 7 nitrogen and oxygen atoms in total. The van der Waals surface area contributed by atoms with Gasteiger partial charge in [0.2, 0.25) is 0 Å². The van der Waals surface area contributed by atoms with Crippen LogP contribution in [0.15, 0.2) is 81.9 Å². The normalized spacial score (nSPS) is 11.8. The summed E-state index contributed by atoms with van der Waals surface area (Å²) in [5.41, 5.74) is 0.107. The third-order valence-corrected chi connectivity index (χ3v) is 5.24. The minimum Gasteiger partial charge on any atom is -0.871 e. The van der Waals surface area contributed by atoms with Crippen LogP contribution in [-0.4, -0.2) is 18.1 Å². The van der Waals surface area contributed by atoms with Crippen LogP contribution in [0.3, 0.4) is 0 Å². The summed E-state index contributed by atoms with van der Waals surface area (Å²) in [7, 11) is -4.55. The number of phenols is 1. The van der Waals surface area contributed by atoms with Gasteiger partial charge >= 0.3 is 29.6 Å². The standard InChI is InChI=1S/C20H14N2O5S.Na/c23-16-10-9-12-5-1-2-6-13(12)19(16)21-22-20-15-8-4-3-7-14(15)18(11-17(20)24)28(25,26)27;/h1-11,23-24H,(H,25,26,27);/q;+1/p-1. The summed E-state index contributed by atoms with van der Waals surface area (Å²) in [5.74, 6) is -0.816. The zero-order valence-corrected chi connectivity index (χ0v) is 18.1. The topological polar surface area (TPSA) is 122 Å². The summed E-state index contributed by atoms with van der Waals surface area (Å²) in [4.78, 5) is -0.436. The van der Waals surface area contributed by atoms with E-state index in [-0.39, 0.29) is 57.5 Å². The average molecular weight is 416 g/mol. The number of rotatable bonds is 3. The molecule has 0 aliphatic carbocycles. The molecule has 0 fully saturated rings. The molecule has 29 heavy (non-hydrogen) atoms. The quantitative estimate of drug-likeness (QED) is 0.297. The first-order valence-corrected chi connectivity index (χ1v) is 9.63. The second-order valence-electron chi connectivity index (χ2n) is 6.10. The first-order chi connectivity index (χ1) is 13.4. The average Bonchev–Trinajstić information content (AvgIpc) is 2.67. The Morgan fingerprint density at radius 1 is 0.793 bits per heavy atom. The van der Waals surface area contributed by atoms with Crippen molar-refractivity contribution >= 4 is 43.0 Å². The van der Waals surface area contributed by atoms with E-state index >= 15 is 0 Å². The summed E-state index contributed by atoms with van der Waals surface area (Å²) in [6.45, 7) is 0. The Bertz CT molecular complexity index is 1370. The molecule has 0 saturated heterocycles. The van der Waals surface area contributed by atoms with Gasteiger partial charge in [0.05, 0.1) is 5.69 Å². The largest absolute Gasteiger partial charge is 1.00 e. The van der Waals surface area contributed by atoms with Crippen molar-refractivity contribution in [1.29, 1.82) is 0 Å². The van der Waals surface area contributed by atoms with Gasteiger partial charge in [0.25, 0.3) is 10.1 Å². The molecular weight excluding hydrogens is 403 g/mol. The molecule has 2 N–H and O–H groups in total. The van der Waals surface area contributed by atoms with E-state index in [1.165, 1.54) is 12.1 Å². The summed E-state index contributed by atoms with van der Waals surface area (Å²) < 4.78 is 32.7. The first-order valence-electron chi connectivity index (χ1n) is 8.19. The molecule has 0 saturated carbocycles. The van der Waals surface area contributed by atoms with Crippen molar-refractivity contribution in [2.24, 2.45) is 10.2 Å². The fourth-order valence-electron chi connectivity index (χ4n) is 3.07. The number of hydrogen-bond acceptors (Lipinski definition) is 6. The molecule has 0 spiro atoms. The van der Waals surface area contributed by atoms with Crippen LogP contribution in [0.2, 0.25) is 0 Å². The molecule has 0 aromatic heterocycles. The second-order valence-corrected chi connectivity index (χ2v) is 7.49. The summed E-state index contributed by atoms with van der Waals surface area (Å²) >= 11 is 0. The molecule has 0 atom stereocenters. The Balaban J connectivity index is 0.00000240. The van der Waals surface area contributed by atoms with Gasteiger partial charge in [0.1, 0.15) is 16.3 Å². The minimum atomic E-state index is -4.55. The molecule has 9 heteroatoms. The van der Waals surface area contributed by atoms with Crippen molar-refractivity contribution < 1.29 is 52.7 Å². The van der Waals surface area contributed by atoms with Gasteiger partial charge in [-0.05, 0) is 5.39 Å². The van der Waals surface area contributed by atoms with Crippen LogP contribution in [0.5, 0.6) is 11.5 Å². The molecule has 0 amide bonds. The number of hydrogen-bond donors (Lipinski definition) is 2. The van der Waals surface area contributed by atoms with Crippen LogP contribution in [0.1, 0.15) is 0 Å². The van der Waals surface area contributed by atoms with Gasteiger partial charge in [-0.15, -0.1) is 5.11 Å². The van der Waals surface area contributed by atoms with Crippen LogP contribution in [0, 0.1) is 0 Å². The number of benzene rings is 4. The van der Waals surface area contributed by atoms with Crippen molar-refractivity contribution in [2.75, 3.05) is 0 Å². The molecule has 0 heterocycles. The van der Waals surface area contributed by atoms with Gasteiger partial charge in [-0.3, -0.25) is 4.55 Å². The maximum absolute atomic E-state index is 12.3. The third kappa shape index (κ3) is 3.98. The number of nitrogens with zero attached hydrogens (tertiary/aromatic N) is 2. The zero-order valence-electron chi connectivity index (χ0n) is 15.3. The van der Waals surface area contributed by atoms with Gasteiger partial charge in [0, 0.05) is 22.2 Å². The summed E-state index contributed by atoms with van der Waals surface area (Å²) in [5, 5.41) is 32.5. The fourth-order valence-corrected chi connectivity index (χ4v) is 3.79. The summed E-state index contributed by atoms with van der Waals surface area (Å²) in [6.07, 6.45) is 0. The fraction of sp³-hybridized carbons (Fsp3) is 0. The van der Waals surface area contributed by atoms with Crippen molar-refractivity contribution in [3.63, 3.8) is 0 Å². The van der Waals surface area contributed by atoms with Crippen LogP contribution in [0.4, 0.5) is 11.4 Å². The van der Waals surface area contributed by atoms with E-state index in [0.717, 1.165) is 11.5 Å². The van der Waals surface area contributed by atoms with Crippen molar-refractivity contribution in [3.05, 3.63) is 66.7 Å². The number of azo groups is 1. The Labute approximate surface area is 188 Å². The second kappa shape index (κ2) is 8.10. The molecular formula is C20H13N2NaO5S. The van der Waals surface area contributed by atoms with Crippen LogP contribution < -0.4 is 34.7 Å². The summed E-state index contributed by atoms with van der Waals surface area (Å²) in [6, 6.07) is 17.4. The van der Waals surface area contributed by atoms with Crippen LogP contribution in [-0.2, 0) is 10.1 Å². The molecule has 140 valence electrons. The number of fused-ring (bicyclic) bond motifs is 2. The molecule has 4 rings (SSSR count). The maximum atomic E-state index is 12.3. The molecule has 0 bridgehead atoms. The van der Waals surface area contributed by atoms with Gasteiger partial charge in [-0.2, -0.15) is 13.5 Å². The van der Waals surface area contributed by atoms with Gasteiger partial charge in [-0.25, -0.2) is 0 Å². The predicted molar refractivity (Wildman–Crippen MR) is 103 cm³/mol. The van der Waals surface area contributed by atoms with E-state index in [4.69, 9.17) is 0 Å². The van der Waals surface area contributed by atoms with Crippen molar-refractivity contribution in [3.8, 4) is 11.5 Å².